The third kappa shape index (κ3) is 3.16. The highest BCUT2D eigenvalue weighted by atomic mass is 32.2. The molecule has 2 aromatic rings. The van der Waals surface area contributed by atoms with E-state index < -0.39 is 29.8 Å². The van der Waals surface area contributed by atoms with Gasteiger partial charge in [0.1, 0.15) is 9.79 Å². The monoisotopic (exact) mass is 342 g/mol. The zero-order valence-electron chi connectivity index (χ0n) is 11.2. The maximum absolute atomic E-state index is 12.0. The normalized spacial score (nSPS) is 12.3. The average molecular weight is 342 g/mol. The first kappa shape index (κ1) is 16.5. The molecule has 0 spiro atoms. The quantitative estimate of drug-likeness (QED) is 0.432. The smallest absolute Gasteiger partial charge is 0.254 e. The van der Waals surface area contributed by atoms with E-state index in [4.69, 9.17) is 11.7 Å². The van der Waals surface area contributed by atoms with Crippen LogP contribution in [0.15, 0.2) is 58.3 Å². The van der Waals surface area contributed by atoms with Crippen LogP contribution < -0.4 is 21.3 Å². The Balaban J connectivity index is 2.75. The van der Waals surface area contributed by atoms with Crippen molar-refractivity contribution in [2.75, 3.05) is 0 Å². The first-order valence-electron chi connectivity index (χ1n) is 5.96. The third-order valence-electron chi connectivity index (χ3n) is 2.94. The SMILES string of the molecule is NNS(=O)(=O)c1ccc(-c2ccccc2)cc1S(=O)(=O)NN. The van der Waals surface area contributed by atoms with Crippen molar-refractivity contribution in [3.05, 3.63) is 48.5 Å². The van der Waals surface area contributed by atoms with Gasteiger partial charge in [0.05, 0.1) is 0 Å². The van der Waals surface area contributed by atoms with Gasteiger partial charge < -0.3 is 0 Å². The van der Waals surface area contributed by atoms with Gasteiger partial charge in [-0.25, -0.2) is 16.8 Å². The van der Waals surface area contributed by atoms with Crippen molar-refractivity contribution >= 4 is 20.0 Å². The number of sulfonamides is 2. The number of hydrogen-bond donors (Lipinski definition) is 4. The Bertz CT molecular complexity index is 881. The Labute approximate surface area is 128 Å². The fourth-order valence-electron chi connectivity index (χ4n) is 1.88. The molecule has 0 aromatic heterocycles. The number of rotatable bonds is 5. The molecule has 0 aliphatic heterocycles. The molecular weight excluding hydrogens is 328 g/mol. The Morgan fingerprint density at radius 1 is 0.682 bits per heavy atom. The molecule has 0 amide bonds. The molecule has 0 bridgehead atoms. The maximum atomic E-state index is 12.0. The third-order valence-corrected chi connectivity index (χ3v) is 5.54. The van der Waals surface area contributed by atoms with E-state index in [1.165, 1.54) is 12.1 Å². The lowest BCUT2D eigenvalue weighted by atomic mass is 10.1. The highest BCUT2D eigenvalue weighted by molar-refractivity contribution is 7.92. The second kappa shape index (κ2) is 6.12. The maximum Gasteiger partial charge on any atom is 0.254 e. The van der Waals surface area contributed by atoms with E-state index >= 15 is 0 Å². The molecule has 6 N–H and O–H groups in total. The highest BCUT2D eigenvalue weighted by Crippen LogP contribution is 2.27. The van der Waals surface area contributed by atoms with E-state index in [1.54, 1.807) is 40.0 Å². The van der Waals surface area contributed by atoms with E-state index in [2.05, 4.69) is 0 Å². The summed E-state index contributed by atoms with van der Waals surface area (Å²) in [5, 5.41) is 0. The van der Waals surface area contributed by atoms with Gasteiger partial charge in [0.15, 0.2) is 0 Å². The van der Waals surface area contributed by atoms with E-state index in [1.807, 2.05) is 0 Å². The van der Waals surface area contributed by atoms with Gasteiger partial charge in [-0.3, -0.25) is 11.7 Å². The lowest BCUT2D eigenvalue weighted by molar-refractivity contribution is 0.570. The number of hydrogen-bond acceptors (Lipinski definition) is 6. The van der Waals surface area contributed by atoms with Gasteiger partial charge in [-0.05, 0) is 23.3 Å². The molecule has 8 nitrogen and oxygen atoms in total. The molecule has 118 valence electrons. The Morgan fingerprint density at radius 2 is 1.23 bits per heavy atom. The number of nitrogens with one attached hydrogen (secondary N) is 2. The fraction of sp³-hybridized carbons (Fsp3) is 0. The van der Waals surface area contributed by atoms with Crippen molar-refractivity contribution in [2.45, 2.75) is 9.79 Å². The summed E-state index contributed by atoms with van der Waals surface area (Å²) in [7, 11) is -8.37. The highest BCUT2D eigenvalue weighted by Gasteiger charge is 2.25. The second-order valence-corrected chi connectivity index (χ2v) is 7.63. The predicted molar refractivity (Wildman–Crippen MR) is 80.9 cm³/mol. The molecule has 0 atom stereocenters. The van der Waals surface area contributed by atoms with Crippen molar-refractivity contribution in [1.82, 2.24) is 9.66 Å². The van der Waals surface area contributed by atoms with Crippen LogP contribution in [0.1, 0.15) is 0 Å². The van der Waals surface area contributed by atoms with Gasteiger partial charge >= 0.3 is 0 Å². The van der Waals surface area contributed by atoms with Crippen molar-refractivity contribution in [1.29, 1.82) is 0 Å². The van der Waals surface area contributed by atoms with Crippen LogP contribution in [-0.2, 0) is 20.0 Å². The molecule has 0 aliphatic carbocycles. The first-order chi connectivity index (χ1) is 10.3. The summed E-state index contributed by atoms with van der Waals surface area (Å²) in [6.45, 7) is 0. The zero-order valence-corrected chi connectivity index (χ0v) is 12.9. The van der Waals surface area contributed by atoms with Gasteiger partial charge in [-0.1, -0.05) is 36.4 Å². The van der Waals surface area contributed by atoms with Crippen molar-refractivity contribution < 1.29 is 16.8 Å². The van der Waals surface area contributed by atoms with E-state index in [9.17, 15) is 16.8 Å². The summed E-state index contributed by atoms with van der Waals surface area (Å²) >= 11 is 0. The minimum absolute atomic E-state index is 0.491. The summed E-state index contributed by atoms with van der Waals surface area (Å²) in [6.07, 6.45) is 0. The van der Waals surface area contributed by atoms with E-state index in [0.29, 0.717) is 5.56 Å². The Hall–Kier alpha value is -1.82. The molecule has 0 unspecified atom stereocenters. The van der Waals surface area contributed by atoms with Crippen LogP contribution in [0, 0.1) is 0 Å². The Kier molecular flexibility index (Phi) is 4.60. The van der Waals surface area contributed by atoms with Crippen molar-refractivity contribution in [3.63, 3.8) is 0 Å². The standard InChI is InChI=1S/C12H14N4O4S2/c13-15-21(17,18)11-7-6-10(9-4-2-1-3-5-9)8-12(11)22(19,20)16-14/h1-8,15-16H,13-14H2. The lowest BCUT2D eigenvalue weighted by Gasteiger charge is -2.12. The van der Waals surface area contributed by atoms with Gasteiger partial charge in [0, 0.05) is 0 Å². The molecule has 0 aliphatic rings. The summed E-state index contributed by atoms with van der Waals surface area (Å²) in [4.78, 5) is 2.22. The predicted octanol–water partition coefficient (Wildman–Crippen LogP) is -0.342. The summed E-state index contributed by atoms with van der Waals surface area (Å²) < 4.78 is 47.7. The van der Waals surface area contributed by atoms with Crippen molar-refractivity contribution in [2.24, 2.45) is 11.7 Å². The van der Waals surface area contributed by atoms with Gasteiger partial charge in [-0.15, -0.1) is 0 Å². The number of nitrogens with two attached hydrogens (primary N) is 2. The molecule has 2 aromatic carbocycles. The van der Waals surface area contributed by atoms with Gasteiger partial charge in [0.25, 0.3) is 20.0 Å². The van der Waals surface area contributed by atoms with Crippen LogP contribution in [0.2, 0.25) is 0 Å². The molecule has 22 heavy (non-hydrogen) atoms. The van der Waals surface area contributed by atoms with Crippen LogP contribution in [0.3, 0.4) is 0 Å². The largest absolute Gasteiger partial charge is 0.257 e. The number of hydrazine groups is 2. The van der Waals surface area contributed by atoms with Crippen molar-refractivity contribution in [3.8, 4) is 11.1 Å². The zero-order chi connectivity index (χ0) is 16.4. The van der Waals surface area contributed by atoms with E-state index in [0.717, 1.165) is 11.6 Å². The summed E-state index contributed by atoms with van der Waals surface area (Å²) in [6, 6.07) is 12.7. The minimum Gasteiger partial charge on any atom is -0.257 e. The Morgan fingerprint density at radius 3 is 1.77 bits per heavy atom. The second-order valence-electron chi connectivity index (χ2n) is 4.27. The van der Waals surface area contributed by atoms with Crippen LogP contribution in [0.25, 0.3) is 11.1 Å². The first-order valence-corrected chi connectivity index (χ1v) is 8.93. The van der Waals surface area contributed by atoms with Gasteiger partial charge in [-0.2, -0.15) is 9.66 Å². The molecule has 0 saturated carbocycles. The van der Waals surface area contributed by atoms with Gasteiger partial charge in [0.2, 0.25) is 0 Å². The van der Waals surface area contributed by atoms with Crippen LogP contribution in [-0.4, -0.2) is 16.8 Å². The molecule has 0 saturated heterocycles. The average Bonchev–Trinajstić information content (AvgIpc) is 2.55. The fourth-order valence-corrected chi connectivity index (χ4v) is 3.98. The topological polar surface area (TPSA) is 144 Å². The van der Waals surface area contributed by atoms with E-state index in [-0.39, 0.29) is 0 Å². The molecule has 10 heteroatoms. The molecule has 0 fully saturated rings. The van der Waals surface area contributed by atoms with Crippen LogP contribution in [0.4, 0.5) is 0 Å². The molecule has 0 heterocycles. The van der Waals surface area contributed by atoms with Crippen LogP contribution in [0.5, 0.6) is 0 Å². The molecule has 2 rings (SSSR count). The molecule has 0 radical (unpaired) electrons. The number of benzene rings is 2. The minimum atomic E-state index is -4.20. The summed E-state index contributed by atoms with van der Waals surface area (Å²) in [5.41, 5.74) is 1.24. The summed E-state index contributed by atoms with van der Waals surface area (Å²) in [5.74, 6) is 9.95. The lowest BCUT2D eigenvalue weighted by Crippen LogP contribution is -2.35. The molecular formula is C12H14N4O4S2. The van der Waals surface area contributed by atoms with Crippen LogP contribution >= 0.6 is 0 Å².